The first-order chi connectivity index (χ1) is 13.5. The van der Waals surface area contributed by atoms with Crippen LogP contribution in [0.25, 0.3) is 0 Å². The van der Waals surface area contributed by atoms with E-state index in [2.05, 4.69) is 46.1 Å². The Labute approximate surface area is 168 Å². The summed E-state index contributed by atoms with van der Waals surface area (Å²) in [5.41, 5.74) is 9.61. The zero-order chi connectivity index (χ0) is 19.6. The fraction of sp³-hybridized carbons (Fsp3) is 0.455. The summed E-state index contributed by atoms with van der Waals surface area (Å²) in [5.74, 6) is 0.604. The Morgan fingerprint density at radius 2 is 1.75 bits per heavy atom. The highest BCUT2D eigenvalue weighted by Gasteiger charge is 2.39. The maximum absolute atomic E-state index is 11.6. The normalized spacial score (nSPS) is 25.5. The molecule has 0 amide bonds. The van der Waals surface area contributed by atoms with Gasteiger partial charge >= 0.3 is 0 Å². The van der Waals surface area contributed by atoms with Gasteiger partial charge in [0.25, 0.3) is 0 Å². The molecule has 0 spiro atoms. The van der Waals surface area contributed by atoms with Gasteiger partial charge in [0, 0.05) is 43.9 Å². The Bertz CT molecular complexity index is 884. The van der Waals surface area contributed by atoms with Crippen LogP contribution in [0.4, 0.5) is 0 Å². The largest absolute Gasteiger partial charge is 0.299 e. The van der Waals surface area contributed by atoms with Gasteiger partial charge in [-0.1, -0.05) is 42.5 Å². The molecule has 2 aliphatic rings. The van der Waals surface area contributed by atoms with E-state index in [1.54, 1.807) is 12.1 Å². The molecular formula is C22H29N3O2S. The number of hydrogen-bond acceptors (Lipinski definition) is 5. The molecule has 0 bridgehead atoms. The maximum atomic E-state index is 11.6. The van der Waals surface area contributed by atoms with Crippen molar-refractivity contribution in [3.05, 3.63) is 65.7 Å². The van der Waals surface area contributed by atoms with Crippen LogP contribution < -0.4 is 10.9 Å². The lowest BCUT2D eigenvalue weighted by atomic mass is 9.85. The number of rotatable bonds is 6. The third-order valence-electron chi connectivity index (χ3n) is 6.06. The van der Waals surface area contributed by atoms with Gasteiger partial charge in [0.2, 0.25) is 0 Å². The summed E-state index contributed by atoms with van der Waals surface area (Å²) in [6.45, 7) is 3.01. The minimum absolute atomic E-state index is 0.389. The van der Waals surface area contributed by atoms with E-state index in [0.717, 1.165) is 38.9 Å². The van der Waals surface area contributed by atoms with E-state index in [-0.39, 0.29) is 0 Å². The van der Waals surface area contributed by atoms with Gasteiger partial charge < -0.3 is 0 Å². The smallest absolute Gasteiger partial charge is 0.175 e. The molecule has 3 atom stereocenters. The molecule has 28 heavy (non-hydrogen) atoms. The SMILES string of the molecule is CS(=O)(=O)c1ccc(CN2CCC3NNC(CCc4ccccc4)C3C2)cc1. The number of nitrogens with zero attached hydrogens (tertiary/aromatic N) is 1. The van der Waals surface area contributed by atoms with Crippen molar-refractivity contribution in [2.75, 3.05) is 19.3 Å². The minimum Gasteiger partial charge on any atom is -0.299 e. The molecule has 2 saturated heterocycles. The summed E-state index contributed by atoms with van der Waals surface area (Å²) in [6, 6.07) is 19.0. The predicted molar refractivity (Wildman–Crippen MR) is 112 cm³/mol. The molecule has 4 rings (SSSR count). The van der Waals surface area contributed by atoms with E-state index in [0.29, 0.717) is 22.9 Å². The quantitative estimate of drug-likeness (QED) is 0.781. The van der Waals surface area contributed by atoms with Gasteiger partial charge in [-0.2, -0.15) is 0 Å². The first-order valence-electron chi connectivity index (χ1n) is 10.1. The summed E-state index contributed by atoms with van der Waals surface area (Å²) in [7, 11) is -3.13. The van der Waals surface area contributed by atoms with Crippen LogP contribution in [0, 0.1) is 5.92 Å². The Balaban J connectivity index is 1.35. The molecule has 2 aromatic rings. The summed E-state index contributed by atoms with van der Waals surface area (Å²) in [4.78, 5) is 2.89. The number of benzene rings is 2. The summed E-state index contributed by atoms with van der Waals surface area (Å²) in [6.07, 6.45) is 4.62. The molecule has 150 valence electrons. The number of nitrogens with one attached hydrogen (secondary N) is 2. The molecule has 2 heterocycles. The highest BCUT2D eigenvalue weighted by atomic mass is 32.2. The van der Waals surface area contributed by atoms with Crippen LogP contribution >= 0.6 is 0 Å². The molecule has 3 unspecified atom stereocenters. The number of sulfone groups is 1. The van der Waals surface area contributed by atoms with Crippen molar-refractivity contribution in [1.29, 1.82) is 0 Å². The molecule has 6 heteroatoms. The monoisotopic (exact) mass is 399 g/mol. The van der Waals surface area contributed by atoms with Gasteiger partial charge in [-0.3, -0.25) is 15.8 Å². The number of piperidine rings is 1. The summed E-state index contributed by atoms with van der Waals surface area (Å²) in [5, 5.41) is 0. The van der Waals surface area contributed by atoms with Crippen molar-refractivity contribution in [2.24, 2.45) is 5.92 Å². The lowest BCUT2D eigenvalue weighted by Crippen LogP contribution is -2.46. The Hall–Kier alpha value is -1.73. The average Bonchev–Trinajstić information content (AvgIpc) is 3.09. The fourth-order valence-electron chi connectivity index (χ4n) is 4.46. The lowest BCUT2D eigenvalue weighted by Gasteiger charge is -2.36. The van der Waals surface area contributed by atoms with Crippen molar-refractivity contribution in [3.63, 3.8) is 0 Å². The number of likely N-dealkylation sites (tertiary alicyclic amines) is 1. The van der Waals surface area contributed by atoms with E-state index < -0.39 is 9.84 Å². The van der Waals surface area contributed by atoms with E-state index in [1.807, 2.05) is 12.1 Å². The van der Waals surface area contributed by atoms with Crippen LogP contribution in [0.2, 0.25) is 0 Å². The second-order valence-corrected chi connectivity index (χ2v) is 10.1. The van der Waals surface area contributed by atoms with Gasteiger partial charge in [-0.05, 0) is 42.5 Å². The van der Waals surface area contributed by atoms with E-state index in [9.17, 15) is 8.42 Å². The molecule has 2 aliphatic heterocycles. The van der Waals surface area contributed by atoms with Crippen LogP contribution in [0.5, 0.6) is 0 Å². The van der Waals surface area contributed by atoms with Crippen molar-refractivity contribution in [3.8, 4) is 0 Å². The number of fused-ring (bicyclic) bond motifs is 1. The molecule has 0 radical (unpaired) electrons. The molecule has 2 fully saturated rings. The Morgan fingerprint density at radius 3 is 2.46 bits per heavy atom. The van der Waals surface area contributed by atoms with Crippen LogP contribution in [0.1, 0.15) is 24.0 Å². The molecular weight excluding hydrogens is 370 g/mol. The van der Waals surface area contributed by atoms with Gasteiger partial charge in [0.1, 0.15) is 0 Å². The topological polar surface area (TPSA) is 61.4 Å². The second-order valence-electron chi connectivity index (χ2n) is 8.13. The highest BCUT2D eigenvalue weighted by molar-refractivity contribution is 7.90. The lowest BCUT2D eigenvalue weighted by molar-refractivity contribution is 0.146. The first kappa shape index (κ1) is 19.6. The average molecular weight is 400 g/mol. The van der Waals surface area contributed by atoms with E-state index >= 15 is 0 Å². The zero-order valence-electron chi connectivity index (χ0n) is 16.3. The fourth-order valence-corrected chi connectivity index (χ4v) is 5.09. The Kier molecular flexibility index (Phi) is 5.83. The molecule has 5 nitrogen and oxygen atoms in total. The van der Waals surface area contributed by atoms with Crippen molar-refractivity contribution in [1.82, 2.24) is 15.8 Å². The van der Waals surface area contributed by atoms with E-state index in [1.165, 1.54) is 17.4 Å². The Morgan fingerprint density at radius 1 is 1.00 bits per heavy atom. The third kappa shape index (κ3) is 4.63. The third-order valence-corrected chi connectivity index (χ3v) is 7.19. The van der Waals surface area contributed by atoms with Gasteiger partial charge in [-0.25, -0.2) is 8.42 Å². The summed E-state index contributed by atoms with van der Waals surface area (Å²) < 4.78 is 23.3. The minimum atomic E-state index is -3.13. The van der Waals surface area contributed by atoms with Crippen LogP contribution in [0.15, 0.2) is 59.5 Å². The predicted octanol–water partition coefficient (Wildman–Crippen LogP) is 2.39. The standard InChI is InChI=1S/C22H29N3O2S/c1-28(26,27)19-10-7-18(8-11-19)15-25-14-13-22-20(16-25)21(23-24-22)12-9-17-5-3-2-4-6-17/h2-8,10-11,20-24H,9,12-16H2,1H3. The number of hydrazine groups is 1. The zero-order valence-corrected chi connectivity index (χ0v) is 17.2. The molecule has 0 saturated carbocycles. The van der Waals surface area contributed by atoms with Gasteiger partial charge in [-0.15, -0.1) is 0 Å². The molecule has 0 aromatic heterocycles. The van der Waals surface area contributed by atoms with Crippen molar-refractivity contribution < 1.29 is 8.42 Å². The molecule has 2 N–H and O–H groups in total. The van der Waals surface area contributed by atoms with E-state index in [4.69, 9.17) is 0 Å². The first-order valence-corrected chi connectivity index (χ1v) is 11.9. The number of aryl methyl sites for hydroxylation is 1. The molecule has 2 aromatic carbocycles. The van der Waals surface area contributed by atoms with Gasteiger partial charge in [0.05, 0.1) is 4.90 Å². The van der Waals surface area contributed by atoms with Crippen LogP contribution in [0.3, 0.4) is 0 Å². The maximum Gasteiger partial charge on any atom is 0.175 e. The number of hydrogen-bond donors (Lipinski definition) is 2. The second kappa shape index (κ2) is 8.33. The highest BCUT2D eigenvalue weighted by Crippen LogP contribution is 2.27. The summed E-state index contributed by atoms with van der Waals surface area (Å²) >= 11 is 0. The van der Waals surface area contributed by atoms with Gasteiger partial charge in [0.15, 0.2) is 9.84 Å². The van der Waals surface area contributed by atoms with Crippen LogP contribution in [-0.2, 0) is 22.8 Å². The molecule has 0 aliphatic carbocycles. The van der Waals surface area contributed by atoms with Crippen molar-refractivity contribution in [2.45, 2.75) is 42.8 Å². The van der Waals surface area contributed by atoms with Crippen molar-refractivity contribution >= 4 is 9.84 Å². The van der Waals surface area contributed by atoms with Crippen LogP contribution in [-0.4, -0.2) is 44.7 Å².